The summed E-state index contributed by atoms with van der Waals surface area (Å²) in [6, 6.07) is 18.2. The molecule has 9 heteroatoms. The van der Waals surface area contributed by atoms with Gasteiger partial charge >= 0.3 is 0 Å². The first-order chi connectivity index (χ1) is 14.5. The van der Waals surface area contributed by atoms with Crippen LogP contribution in [0.3, 0.4) is 0 Å². The first-order valence-electron chi connectivity index (χ1n) is 8.94. The zero-order valence-corrected chi connectivity index (χ0v) is 16.8. The van der Waals surface area contributed by atoms with E-state index in [1.165, 1.54) is 25.6 Å². The highest BCUT2D eigenvalue weighted by atomic mass is 32.2. The lowest BCUT2D eigenvalue weighted by molar-refractivity contribution is 0.414. The minimum absolute atomic E-state index is 0.141. The number of methoxy groups -OCH3 is 1. The Morgan fingerprint density at radius 1 is 0.900 bits per heavy atom. The maximum Gasteiger partial charge on any atom is 0.261 e. The lowest BCUT2D eigenvalue weighted by atomic mass is 10.3. The van der Waals surface area contributed by atoms with E-state index in [4.69, 9.17) is 9.47 Å². The van der Waals surface area contributed by atoms with Crippen LogP contribution in [0.5, 0.6) is 17.4 Å². The molecule has 2 heterocycles. The average Bonchev–Trinajstić information content (AvgIpc) is 3.30. The first kappa shape index (κ1) is 19.5. The number of benzene rings is 2. The lowest BCUT2D eigenvalue weighted by Gasteiger charge is -2.10. The van der Waals surface area contributed by atoms with E-state index in [0.29, 0.717) is 28.9 Å². The summed E-state index contributed by atoms with van der Waals surface area (Å²) in [6.45, 7) is 0. The van der Waals surface area contributed by atoms with Crippen molar-refractivity contribution >= 4 is 15.7 Å². The third-order valence-electron chi connectivity index (χ3n) is 4.20. The van der Waals surface area contributed by atoms with E-state index in [2.05, 4.69) is 14.7 Å². The van der Waals surface area contributed by atoms with Crippen molar-refractivity contribution in [1.29, 1.82) is 0 Å². The predicted molar refractivity (Wildman–Crippen MR) is 112 cm³/mol. The van der Waals surface area contributed by atoms with Crippen molar-refractivity contribution < 1.29 is 17.9 Å². The van der Waals surface area contributed by atoms with Crippen LogP contribution in [-0.2, 0) is 10.0 Å². The number of sulfonamides is 1. The SMILES string of the molecule is COc1ccc(S(=O)(=O)Nc2ccc(Oc3cc(-n4cccc4)ncn3)cc2)cc1. The maximum absolute atomic E-state index is 12.5. The smallest absolute Gasteiger partial charge is 0.261 e. The molecule has 0 amide bonds. The summed E-state index contributed by atoms with van der Waals surface area (Å²) < 4.78 is 40.2. The van der Waals surface area contributed by atoms with Crippen LogP contribution in [0.2, 0.25) is 0 Å². The summed E-state index contributed by atoms with van der Waals surface area (Å²) in [4.78, 5) is 8.46. The quantitative estimate of drug-likeness (QED) is 0.486. The summed E-state index contributed by atoms with van der Waals surface area (Å²) in [6.07, 6.45) is 5.16. The van der Waals surface area contributed by atoms with Gasteiger partial charge < -0.3 is 14.0 Å². The van der Waals surface area contributed by atoms with E-state index < -0.39 is 10.0 Å². The third-order valence-corrected chi connectivity index (χ3v) is 5.59. The van der Waals surface area contributed by atoms with Gasteiger partial charge in [-0.25, -0.2) is 18.4 Å². The zero-order chi connectivity index (χ0) is 21.0. The molecule has 152 valence electrons. The van der Waals surface area contributed by atoms with Crippen molar-refractivity contribution in [3.8, 4) is 23.2 Å². The Labute approximate surface area is 173 Å². The molecule has 1 N–H and O–H groups in total. The van der Waals surface area contributed by atoms with Gasteiger partial charge in [0.25, 0.3) is 10.0 Å². The molecule has 4 aromatic rings. The van der Waals surface area contributed by atoms with Gasteiger partial charge in [-0.2, -0.15) is 0 Å². The van der Waals surface area contributed by atoms with E-state index in [1.807, 2.05) is 29.1 Å². The van der Waals surface area contributed by atoms with Crippen LogP contribution >= 0.6 is 0 Å². The number of hydrogen-bond acceptors (Lipinski definition) is 6. The molecule has 8 nitrogen and oxygen atoms in total. The largest absolute Gasteiger partial charge is 0.497 e. The highest BCUT2D eigenvalue weighted by Gasteiger charge is 2.14. The number of ether oxygens (including phenoxy) is 2. The van der Waals surface area contributed by atoms with Crippen LogP contribution in [0.1, 0.15) is 0 Å². The highest BCUT2D eigenvalue weighted by molar-refractivity contribution is 7.92. The van der Waals surface area contributed by atoms with Crippen molar-refractivity contribution in [2.75, 3.05) is 11.8 Å². The Morgan fingerprint density at radius 2 is 1.57 bits per heavy atom. The zero-order valence-electron chi connectivity index (χ0n) is 16.0. The molecule has 0 unspecified atom stereocenters. The minimum atomic E-state index is -3.71. The Hall–Kier alpha value is -3.85. The van der Waals surface area contributed by atoms with Crippen LogP contribution in [0.15, 0.2) is 90.3 Å². The van der Waals surface area contributed by atoms with Crippen molar-refractivity contribution in [3.05, 3.63) is 85.5 Å². The fourth-order valence-electron chi connectivity index (χ4n) is 2.69. The van der Waals surface area contributed by atoms with Gasteiger partial charge in [-0.1, -0.05) is 0 Å². The normalized spacial score (nSPS) is 11.1. The van der Waals surface area contributed by atoms with Gasteiger partial charge in [0.05, 0.1) is 12.0 Å². The molecule has 0 saturated heterocycles. The van der Waals surface area contributed by atoms with Crippen LogP contribution < -0.4 is 14.2 Å². The number of aromatic nitrogens is 3. The van der Waals surface area contributed by atoms with Gasteiger partial charge in [0.15, 0.2) is 0 Å². The van der Waals surface area contributed by atoms with Crippen molar-refractivity contribution in [3.63, 3.8) is 0 Å². The van der Waals surface area contributed by atoms with Crippen molar-refractivity contribution in [2.24, 2.45) is 0 Å². The Bertz CT molecular complexity index is 1220. The van der Waals surface area contributed by atoms with Gasteiger partial charge in [0.1, 0.15) is 23.6 Å². The topological polar surface area (TPSA) is 95.3 Å². The van der Waals surface area contributed by atoms with E-state index in [-0.39, 0.29) is 4.90 Å². The monoisotopic (exact) mass is 422 g/mol. The molecule has 30 heavy (non-hydrogen) atoms. The molecular weight excluding hydrogens is 404 g/mol. The number of nitrogens with one attached hydrogen (secondary N) is 1. The number of anilines is 1. The fourth-order valence-corrected chi connectivity index (χ4v) is 3.75. The van der Waals surface area contributed by atoms with Crippen LogP contribution in [0.4, 0.5) is 5.69 Å². The van der Waals surface area contributed by atoms with E-state index in [0.717, 1.165) is 0 Å². The Morgan fingerprint density at radius 3 is 2.23 bits per heavy atom. The molecule has 0 fully saturated rings. The van der Waals surface area contributed by atoms with E-state index >= 15 is 0 Å². The third kappa shape index (κ3) is 4.41. The van der Waals surface area contributed by atoms with Gasteiger partial charge in [0, 0.05) is 24.1 Å². The molecule has 0 bridgehead atoms. The Balaban J connectivity index is 1.46. The van der Waals surface area contributed by atoms with Crippen molar-refractivity contribution in [2.45, 2.75) is 4.90 Å². The fraction of sp³-hybridized carbons (Fsp3) is 0.0476. The Kier molecular flexibility index (Phi) is 5.36. The summed E-state index contributed by atoms with van der Waals surface area (Å²) in [7, 11) is -2.19. The van der Waals surface area contributed by atoms with Gasteiger partial charge in [-0.05, 0) is 60.7 Å². The van der Waals surface area contributed by atoms with Crippen LogP contribution in [-0.4, -0.2) is 30.1 Å². The second kappa shape index (κ2) is 8.26. The summed E-state index contributed by atoms with van der Waals surface area (Å²) in [5.41, 5.74) is 0.411. The molecule has 4 rings (SSSR count). The average molecular weight is 422 g/mol. The molecule has 0 aliphatic rings. The van der Waals surface area contributed by atoms with Crippen LogP contribution in [0.25, 0.3) is 5.82 Å². The molecule has 2 aromatic carbocycles. The summed E-state index contributed by atoms with van der Waals surface area (Å²) >= 11 is 0. The molecule has 2 aromatic heterocycles. The number of nitrogens with zero attached hydrogens (tertiary/aromatic N) is 3. The molecular formula is C21H18N4O4S. The standard InChI is InChI=1S/C21H18N4O4S/c1-28-17-8-10-19(11-9-17)30(26,27)24-16-4-6-18(7-5-16)29-21-14-20(22-15-23-21)25-12-2-3-13-25/h2-15,24H,1H3. The lowest BCUT2D eigenvalue weighted by Crippen LogP contribution is -2.12. The summed E-state index contributed by atoms with van der Waals surface area (Å²) in [5.74, 6) is 2.15. The summed E-state index contributed by atoms with van der Waals surface area (Å²) in [5, 5.41) is 0. The van der Waals surface area contributed by atoms with Gasteiger partial charge in [-0.3, -0.25) is 4.72 Å². The van der Waals surface area contributed by atoms with Gasteiger partial charge in [0.2, 0.25) is 5.88 Å². The maximum atomic E-state index is 12.5. The number of rotatable bonds is 7. The van der Waals surface area contributed by atoms with Crippen LogP contribution in [0, 0.1) is 0 Å². The molecule has 0 aliphatic heterocycles. The molecule has 0 atom stereocenters. The molecule has 0 aliphatic carbocycles. The predicted octanol–water partition coefficient (Wildman–Crippen LogP) is 3.87. The molecule has 0 saturated carbocycles. The second-order valence-corrected chi connectivity index (χ2v) is 7.89. The van der Waals surface area contributed by atoms with Crippen molar-refractivity contribution in [1.82, 2.24) is 14.5 Å². The molecule has 0 radical (unpaired) electrons. The highest BCUT2D eigenvalue weighted by Crippen LogP contribution is 2.24. The second-order valence-electron chi connectivity index (χ2n) is 6.21. The molecule has 0 spiro atoms. The van der Waals surface area contributed by atoms with E-state index in [1.54, 1.807) is 42.5 Å². The number of hydrogen-bond donors (Lipinski definition) is 1. The van der Waals surface area contributed by atoms with E-state index in [9.17, 15) is 8.42 Å². The first-order valence-corrected chi connectivity index (χ1v) is 10.4. The van der Waals surface area contributed by atoms with Gasteiger partial charge in [-0.15, -0.1) is 0 Å². The minimum Gasteiger partial charge on any atom is -0.497 e.